The normalized spacial score (nSPS) is 15.8. The van der Waals surface area contributed by atoms with E-state index in [9.17, 15) is 4.79 Å². The molecule has 1 amide bonds. The van der Waals surface area contributed by atoms with Crippen LogP contribution in [0.4, 0.5) is 11.4 Å². The van der Waals surface area contributed by atoms with Gasteiger partial charge >= 0.3 is 0 Å². The molecule has 0 bridgehead atoms. The van der Waals surface area contributed by atoms with E-state index in [4.69, 9.17) is 0 Å². The van der Waals surface area contributed by atoms with Crippen molar-refractivity contribution in [2.75, 3.05) is 19.0 Å². The molecule has 1 aliphatic rings. The lowest BCUT2D eigenvalue weighted by molar-refractivity contribution is -0.112. The summed E-state index contributed by atoms with van der Waals surface area (Å²) in [5.74, 6) is 0.0398. The number of carbonyl (C=O) groups is 1. The van der Waals surface area contributed by atoms with Gasteiger partial charge in [-0.05, 0) is 37.6 Å². The largest absolute Gasteiger partial charge is 0.381 e. The molecule has 2 aromatic rings. The van der Waals surface area contributed by atoms with Crippen LogP contribution in [0.2, 0.25) is 0 Å². The van der Waals surface area contributed by atoms with Crippen LogP contribution in [-0.2, 0) is 4.79 Å². The molecule has 112 valence electrons. The highest BCUT2D eigenvalue weighted by Gasteiger charge is 2.34. The summed E-state index contributed by atoms with van der Waals surface area (Å²) in [5, 5.41) is 0. The van der Waals surface area contributed by atoms with Gasteiger partial charge in [-0.25, -0.2) is 0 Å². The van der Waals surface area contributed by atoms with Crippen molar-refractivity contribution in [3.63, 3.8) is 0 Å². The van der Waals surface area contributed by atoms with Gasteiger partial charge in [0, 0.05) is 31.0 Å². The highest BCUT2D eigenvalue weighted by Crippen LogP contribution is 2.42. The lowest BCUT2D eigenvalue weighted by Crippen LogP contribution is -2.22. The van der Waals surface area contributed by atoms with Crippen LogP contribution in [0, 0.1) is 6.92 Å². The maximum atomic E-state index is 13.1. The third-order valence-corrected chi connectivity index (χ3v) is 4.12. The zero-order chi connectivity index (χ0) is 15.9. The maximum absolute atomic E-state index is 13.1. The average molecular weight is 292 g/mol. The number of hydrogen-bond acceptors (Lipinski definition) is 2. The highest BCUT2D eigenvalue weighted by atomic mass is 16.2. The second-order valence-corrected chi connectivity index (χ2v) is 5.85. The van der Waals surface area contributed by atoms with Gasteiger partial charge in [0.1, 0.15) is 0 Å². The Labute approximate surface area is 131 Å². The molecule has 0 unspecified atom stereocenters. The molecule has 0 fully saturated rings. The molecule has 3 heteroatoms. The molecule has 0 radical (unpaired) electrons. The van der Waals surface area contributed by atoms with Gasteiger partial charge in [-0.2, -0.15) is 0 Å². The van der Waals surface area contributed by atoms with Crippen molar-refractivity contribution in [2.24, 2.45) is 0 Å². The van der Waals surface area contributed by atoms with Crippen LogP contribution in [0.15, 0.2) is 54.2 Å². The number of fused-ring (bicyclic) bond motifs is 1. The molecule has 3 nitrogen and oxygen atoms in total. The van der Waals surface area contributed by atoms with Crippen molar-refractivity contribution in [2.45, 2.75) is 13.8 Å². The monoisotopic (exact) mass is 292 g/mol. The number of carbonyl (C=O) groups excluding carboxylic acids is 1. The predicted molar refractivity (Wildman–Crippen MR) is 91.0 cm³/mol. The van der Waals surface area contributed by atoms with E-state index in [0.29, 0.717) is 0 Å². The first-order chi connectivity index (χ1) is 10.5. The summed E-state index contributed by atoms with van der Waals surface area (Å²) in [6.45, 7) is 4.03. The predicted octanol–water partition coefficient (Wildman–Crippen LogP) is 3.97. The highest BCUT2D eigenvalue weighted by molar-refractivity contribution is 6.35. The molecule has 0 aliphatic carbocycles. The SMILES string of the molecule is CC(=C1C(=O)N(c2cccc(C)c2)c2ccccc21)N(C)C. The quantitative estimate of drug-likeness (QED) is 0.782. The molecular weight excluding hydrogens is 272 g/mol. The van der Waals surface area contributed by atoms with Gasteiger partial charge in [0.25, 0.3) is 5.91 Å². The van der Waals surface area contributed by atoms with Gasteiger partial charge in [0.2, 0.25) is 0 Å². The fourth-order valence-corrected chi connectivity index (χ4v) is 2.81. The van der Waals surface area contributed by atoms with Crippen LogP contribution in [0.3, 0.4) is 0 Å². The summed E-state index contributed by atoms with van der Waals surface area (Å²) in [6.07, 6.45) is 0. The van der Waals surface area contributed by atoms with E-state index in [1.807, 2.05) is 86.3 Å². The summed E-state index contributed by atoms with van der Waals surface area (Å²) in [6, 6.07) is 16.0. The van der Waals surface area contributed by atoms with E-state index in [2.05, 4.69) is 0 Å². The Balaban J connectivity index is 2.23. The van der Waals surface area contributed by atoms with Crippen LogP contribution in [0.1, 0.15) is 18.1 Å². The molecule has 0 atom stereocenters. The minimum atomic E-state index is 0.0398. The van der Waals surface area contributed by atoms with Crippen molar-refractivity contribution in [3.8, 4) is 0 Å². The van der Waals surface area contributed by atoms with Gasteiger partial charge in [-0.1, -0.05) is 30.3 Å². The first kappa shape index (κ1) is 14.4. The fourth-order valence-electron chi connectivity index (χ4n) is 2.81. The smallest absolute Gasteiger partial charge is 0.265 e. The molecule has 0 N–H and O–H groups in total. The number of anilines is 2. The van der Waals surface area contributed by atoms with E-state index in [1.54, 1.807) is 0 Å². The number of amides is 1. The lowest BCUT2D eigenvalue weighted by Gasteiger charge is -2.19. The van der Waals surface area contributed by atoms with Crippen molar-refractivity contribution in [1.29, 1.82) is 0 Å². The minimum absolute atomic E-state index is 0.0398. The first-order valence-corrected chi connectivity index (χ1v) is 7.39. The van der Waals surface area contributed by atoms with Crippen LogP contribution >= 0.6 is 0 Å². The summed E-state index contributed by atoms with van der Waals surface area (Å²) in [4.78, 5) is 16.9. The first-order valence-electron chi connectivity index (χ1n) is 7.39. The Morgan fingerprint density at radius 3 is 2.45 bits per heavy atom. The molecule has 1 heterocycles. The molecule has 0 saturated carbocycles. The number of rotatable bonds is 2. The zero-order valence-electron chi connectivity index (χ0n) is 13.4. The van der Waals surface area contributed by atoms with Gasteiger partial charge in [0.15, 0.2) is 0 Å². The van der Waals surface area contributed by atoms with E-state index in [0.717, 1.165) is 33.8 Å². The second kappa shape index (κ2) is 5.34. The Morgan fingerprint density at radius 1 is 1.05 bits per heavy atom. The third-order valence-electron chi connectivity index (χ3n) is 4.12. The Hall–Kier alpha value is -2.55. The number of para-hydroxylation sites is 1. The number of benzene rings is 2. The van der Waals surface area contributed by atoms with Crippen molar-refractivity contribution >= 4 is 22.9 Å². The lowest BCUT2D eigenvalue weighted by atomic mass is 10.1. The average Bonchev–Trinajstić information content (AvgIpc) is 2.78. The molecule has 22 heavy (non-hydrogen) atoms. The van der Waals surface area contributed by atoms with Crippen LogP contribution < -0.4 is 4.90 Å². The second-order valence-electron chi connectivity index (χ2n) is 5.85. The Bertz CT molecular complexity index is 775. The topological polar surface area (TPSA) is 23.6 Å². The molecular formula is C19H20N2O. The fraction of sp³-hybridized carbons (Fsp3) is 0.211. The van der Waals surface area contributed by atoms with E-state index < -0.39 is 0 Å². The van der Waals surface area contributed by atoms with Gasteiger partial charge in [0.05, 0.1) is 11.3 Å². The van der Waals surface area contributed by atoms with E-state index >= 15 is 0 Å². The summed E-state index contributed by atoms with van der Waals surface area (Å²) < 4.78 is 0. The van der Waals surface area contributed by atoms with Crippen molar-refractivity contribution in [3.05, 3.63) is 65.4 Å². The molecule has 0 spiro atoms. The van der Waals surface area contributed by atoms with Crippen molar-refractivity contribution in [1.82, 2.24) is 4.90 Å². The Kier molecular flexibility index (Phi) is 3.49. The van der Waals surface area contributed by atoms with Crippen LogP contribution in [0.25, 0.3) is 5.57 Å². The van der Waals surface area contributed by atoms with Crippen LogP contribution in [0.5, 0.6) is 0 Å². The van der Waals surface area contributed by atoms with E-state index in [1.165, 1.54) is 0 Å². The molecule has 3 rings (SSSR count). The summed E-state index contributed by atoms with van der Waals surface area (Å²) in [7, 11) is 3.93. The zero-order valence-corrected chi connectivity index (χ0v) is 13.4. The van der Waals surface area contributed by atoms with Gasteiger partial charge < -0.3 is 4.90 Å². The number of aryl methyl sites for hydroxylation is 1. The minimum Gasteiger partial charge on any atom is -0.381 e. The van der Waals surface area contributed by atoms with Gasteiger partial charge in [-0.15, -0.1) is 0 Å². The summed E-state index contributed by atoms with van der Waals surface area (Å²) in [5.41, 5.74) is 5.77. The molecule has 0 saturated heterocycles. The van der Waals surface area contributed by atoms with Gasteiger partial charge in [-0.3, -0.25) is 9.69 Å². The molecule has 2 aromatic carbocycles. The standard InChI is InChI=1S/C19H20N2O/c1-13-8-7-9-15(12-13)21-17-11-6-5-10-16(17)18(19(21)22)14(2)20(3)4/h5-12H,1-4H3. The molecule has 1 aliphatic heterocycles. The third kappa shape index (κ3) is 2.19. The van der Waals surface area contributed by atoms with E-state index in [-0.39, 0.29) is 5.91 Å². The Morgan fingerprint density at radius 2 is 1.77 bits per heavy atom. The number of hydrogen-bond donors (Lipinski definition) is 0. The summed E-state index contributed by atoms with van der Waals surface area (Å²) >= 11 is 0. The molecule has 0 aromatic heterocycles. The van der Waals surface area contributed by atoms with Crippen molar-refractivity contribution < 1.29 is 4.79 Å². The number of allylic oxidation sites excluding steroid dienone is 1. The van der Waals surface area contributed by atoms with Crippen LogP contribution in [-0.4, -0.2) is 24.9 Å². The number of nitrogens with zero attached hydrogens (tertiary/aromatic N) is 2. The maximum Gasteiger partial charge on any atom is 0.265 e.